The van der Waals surface area contributed by atoms with Gasteiger partial charge in [0, 0.05) is 17.7 Å². The summed E-state index contributed by atoms with van der Waals surface area (Å²) in [6.45, 7) is 10.6. The van der Waals surface area contributed by atoms with E-state index >= 15 is 0 Å². The van der Waals surface area contributed by atoms with Gasteiger partial charge in [0.1, 0.15) is 0 Å². The van der Waals surface area contributed by atoms with E-state index in [2.05, 4.69) is 33.8 Å². The van der Waals surface area contributed by atoms with Crippen molar-refractivity contribution in [1.29, 1.82) is 0 Å². The molecule has 3 fully saturated rings. The average molecular weight is 414 g/mol. The van der Waals surface area contributed by atoms with Gasteiger partial charge in [-0.3, -0.25) is 4.99 Å². The number of aliphatic hydroxyl groups is 2. The van der Waals surface area contributed by atoms with Crippen LogP contribution in [0.15, 0.2) is 16.6 Å². The molecular weight excluding hydrogens is 370 g/mol. The van der Waals surface area contributed by atoms with E-state index in [1.165, 1.54) is 30.5 Å². The third-order valence-electron chi connectivity index (χ3n) is 10.9. The third kappa shape index (κ3) is 3.01. The summed E-state index contributed by atoms with van der Waals surface area (Å²) in [5, 5.41) is 21.9. The molecule has 0 spiro atoms. The minimum Gasteiger partial charge on any atom is -0.393 e. The van der Waals surface area contributed by atoms with Gasteiger partial charge >= 0.3 is 0 Å². The summed E-state index contributed by atoms with van der Waals surface area (Å²) < 4.78 is 0. The topological polar surface area (TPSA) is 52.8 Å². The first kappa shape index (κ1) is 21.2. The van der Waals surface area contributed by atoms with Crippen molar-refractivity contribution in [3.63, 3.8) is 0 Å². The zero-order chi connectivity index (χ0) is 21.3. The van der Waals surface area contributed by atoms with Crippen molar-refractivity contribution in [3.05, 3.63) is 11.6 Å². The highest BCUT2D eigenvalue weighted by atomic mass is 16.3. The Morgan fingerprint density at radius 3 is 2.63 bits per heavy atom. The zero-order valence-electron chi connectivity index (χ0n) is 19.6. The van der Waals surface area contributed by atoms with Crippen LogP contribution in [0.25, 0.3) is 0 Å². The number of fused-ring (bicyclic) bond motifs is 5. The second kappa shape index (κ2) is 7.44. The van der Waals surface area contributed by atoms with E-state index in [1.54, 1.807) is 0 Å². The van der Waals surface area contributed by atoms with Crippen LogP contribution in [-0.2, 0) is 0 Å². The molecule has 0 aromatic carbocycles. The fourth-order valence-corrected chi connectivity index (χ4v) is 8.90. The highest BCUT2D eigenvalue weighted by Gasteiger charge is 2.62. The predicted molar refractivity (Wildman–Crippen MR) is 122 cm³/mol. The van der Waals surface area contributed by atoms with E-state index in [0.717, 1.165) is 51.0 Å². The fraction of sp³-hybridized carbons (Fsp3) is 0.889. The molecule has 30 heavy (non-hydrogen) atoms. The van der Waals surface area contributed by atoms with Crippen LogP contribution in [0.5, 0.6) is 0 Å². The molecule has 10 unspecified atom stereocenters. The highest BCUT2D eigenvalue weighted by molar-refractivity contribution is 5.87. The zero-order valence-corrected chi connectivity index (χ0v) is 19.6. The number of aliphatic imine (C=N–C) groups is 1. The molecule has 10 atom stereocenters. The van der Waals surface area contributed by atoms with Gasteiger partial charge in [0.25, 0.3) is 0 Å². The summed E-state index contributed by atoms with van der Waals surface area (Å²) in [5.41, 5.74) is 3.15. The molecule has 5 rings (SSSR count). The molecule has 5 aliphatic rings. The van der Waals surface area contributed by atoms with Gasteiger partial charge in [-0.1, -0.05) is 39.3 Å². The monoisotopic (exact) mass is 413 g/mol. The molecule has 0 aromatic rings. The van der Waals surface area contributed by atoms with E-state index < -0.39 is 0 Å². The molecular formula is C27H43NO2. The van der Waals surface area contributed by atoms with Crippen LogP contribution in [0.1, 0.15) is 85.5 Å². The van der Waals surface area contributed by atoms with Gasteiger partial charge in [-0.25, -0.2) is 0 Å². The van der Waals surface area contributed by atoms with Gasteiger partial charge in [0.05, 0.1) is 12.2 Å². The summed E-state index contributed by atoms with van der Waals surface area (Å²) in [4.78, 5) is 5.00. The van der Waals surface area contributed by atoms with Gasteiger partial charge in [-0.15, -0.1) is 0 Å². The first-order valence-electron chi connectivity index (χ1n) is 12.8. The number of hydrogen-bond donors (Lipinski definition) is 2. The smallest absolute Gasteiger partial charge is 0.0602 e. The Hall–Kier alpha value is -0.670. The van der Waals surface area contributed by atoms with Crippen LogP contribution < -0.4 is 0 Å². The standard InChI is InChI=1S/C27H43NO2/c1-16-5-10-24(28-15-16)17(2)21-8-9-22-20-7-6-18-13-19(29)11-12-26(18,3)23(20)14-25(30)27(21,22)4/h6,16-17,19-23,25,29-30H,5,7-15H2,1-4H3. The van der Waals surface area contributed by atoms with Crippen LogP contribution in [-0.4, -0.2) is 34.7 Å². The maximum absolute atomic E-state index is 11.7. The van der Waals surface area contributed by atoms with Crippen molar-refractivity contribution in [2.75, 3.05) is 6.54 Å². The lowest BCUT2D eigenvalue weighted by molar-refractivity contribution is -0.133. The summed E-state index contributed by atoms with van der Waals surface area (Å²) in [6, 6.07) is 0. The highest BCUT2D eigenvalue weighted by Crippen LogP contribution is 2.67. The van der Waals surface area contributed by atoms with E-state index in [1.807, 2.05) is 0 Å². The molecule has 4 aliphatic carbocycles. The Labute approximate surface area is 183 Å². The van der Waals surface area contributed by atoms with E-state index in [0.29, 0.717) is 29.6 Å². The van der Waals surface area contributed by atoms with Crippen LogP contribution in [0, 0.1) is 46.3 Å². The van der Waals surface area contributed by atoms with Crippen LogP contribution >= 0.6 is 0 Å². The molecule has 3 nitrogen and oxygen atoms in total. The van der Waals surface area contributed by atoms with Crippen molar-refractivity contribution in [1.82, 2.24) is 0 Å². The first-order chi connectivity index (χ1) is 14.2. The number of nitrogens with zero attached hydrogens (tertiary/aromatic N) is 1. The van der Waals surface area contributed by atoms with E-state index in [4.69, 9.17) is 4.99 Å². The van der Waals surface area contributed by atoms with Crippen LogP contribution in [0.4, 0.5) is 0 Å². The molecule has 2 N–H and O–H groups in total. The summed E-state index contributed by atoms with van der Waals surface area (Å²) in [6.07, 6.45) is 12.1. The number of allylic oxidation sites excluding steroid dienone is 1. The molecule has 0 saturated heterocycles. The maximum atomic E-state index is 11.7. The fourth-order valence-electron chi connectivity index (χ4n) is 8.90. The second-order valence-corrected chi connectivity index (χ2v) is 12.2. The molecule has 0 aromatic heterocycles. The quantitative estimate of drug-likeness (QED) is 0.595. The van der Waals surface area contributed by atoms with Crippen molar-refractivity contribution in [2.24, 2.45) is 51.3 Å². The van der Waals surface area contributed by atoms with Crippen molar-refractivity contribution in [2.45, 2.75) is 97.7 Å². The lowest BCUT2D eigenvalue weighted by atomic mass is 9.46. The Morgan fingerprint density at radius 2 is 1.90 bits per heavy atom. The Bertz CT molecular complexity index is 743. The Kier molecular flexibility index (Phi) is 5.26. The van der Waals surface area contributed by atoms with Gasteiger partial charge in [-0.05, 0) is 98.7 Å². The van der Waals surface area contributed by atoms with Crippen molar-refractivity contribution < 1.29 is 10.2 Å². The van der Waals surface area contributed by atoms with Gasteiger partial charge in [-0.2, -0.15) is 0 Å². The molecule has 0 radical (unpaired) electrons. The van der Waals surface area contributed by atoms with Crippen molar-refractivity contribution in [3.8, 4) is 0 Å². The van der Waals surface area contributed by atoms with Crippen molar-refractivity contribution >= 4 is 5.71 Å². The lowest BCUT2D eigenvalue weighted by Crippen LogP contribution is -2.57. The predicted octanol–water partition coefficient (Wildman–Crippen LogP) is 5.40. The lowest BCUT2D eigenvalue weighted by Gasteiger charge is -2.60. The van der Waals surface area contributed by atoms with E-state index in [9.17, 15) is 10.2 Å². The number of hydrogen-bond acceptors (Lipinski definition) is 3. The minimum absolute atomic E-state index is 0.0298. The summed E-state index contributed by atoms with van der Waals surface area (Å²) in [7, 11) is 0. The molecule has 168 valence electrons. The molecule has 1 heterocycles. The molecule has 3 saturated carbocycles. The molecule has 3 heteroatoms. The largest absolute Gasteiger partial charge is 0.393 e. The maximum Gasteiger partial charge on any atom is 0.0602 e. The Balaban J connectivity index is 1.43. The number of aliphatic hydroxyl groups excluding tert-OH is 2. The minimum atomic E-state index is -0.204. The summed E-state index contributed by atoms with van der Waals surface area (Å²) in [5.74, 6) is 3.72. The van der Waals surface area contributed by atoms with E-state index in [-0.39, 0.29) is 23.0 Å². The normalized spacial score (nSPS) is 51.9. The van der Waals surface area contributed by atoms with Crippen LogP contribution in [0.3, 0.4) is 0 Å². The van der Waals surface area contributed by atoms with Crippen LogP contribution in [0.2, 0.25) is 0 Å². The van der Waals surface area contributed by atoms with Gasteiger partial charge < -0.3 is 10.2 Å². The SMILES string of the molecule is CC1CCC(C(C)C2CCC3C4CC=C5CC(O)CCC5(C)C4CC(O)C23C)=NC1. The first-order valence-corrected chi connectivity index (χ1v) is 12.8. The molecule has 1 aliphatic heterocycles. The molecule has 0 amide bonds. The summed E-state index contributed by atoms with van der Waals surface area (Å²) >= 11 is 0. The van der Waals surface area contributed by atoms with Gasteiger partial charge in [0.2, 0.25) is 0 Å². The average Bonchev–Trinajstić information content (AvgIpc) is 3.08. The Morgan fingerprint density at radius 1 is 1.10 bits per heavy atom. The van der Waals surface area contributed by atoms with Gasteiger partial charge in [0.15, 0.2) is 0 Å². The number of rotatable bonds is 2. The molecule has 0 bridgehead atoms. The second-order valence-electron chi connectivity index (χ2n) is 12.2. The third-order valence-corrected chi connectivity index (χ3v) is 10.9.